The number of amides is 3. The van der Waals surface area contributed by atoms with Gasteiger partial charge in [-0.3, -0.25) is 4.79 Å². The molecule has 2 rings (SSSR count). The lowest BCUT2D eigenvalue weighted by Crippen LogP contribution is -2.51. The second-order valence-electron chi connectivity index (χ2n) is 6.71. The van der Waals surface area contributed by atoms with Crippen molar-refractivity contribution in [3.63, 3.8) is 0 Å². The van der Waals surface area contributed by atoms with E-state index in [0.717, 1.165) is 51.6 Å². The summed E-state index contributed by atoms with van der Waals surface area (Å²) in [6.45, 7) is 5.69. The summed E-state index contributed by atoms with van der Waals surface area (Å²) >= 11 is 0. The van der Waals surface area contributed by atoms with Crippen molar-refractivity contribution >= 4 is 11.9 Å². The maximum Gasteiger partial charge on any atom is 0.315 e. The quantitative estimate of drug-likeness (QED) is 0.820. The normalized spacial score (nSPS) is 20.4. The molecule has 2 aliphatic rings. The van der Waals surface area contributed by atoms with Gasteiger partial charge in [0, 0.05) is 31.1 Å². The molecule has 0 atom stereocenters. The van der Waals surface area contributed by atoms with Crippen molar-refractivity contribution in [2.75, 3.05) is 13.1 Å². The van der Waals surface area contributed by atoms with E-state index in [2.05, 4.69) is 24.5 Å². The molecule has 1 saturated heterocycles. The minimum Gasteiger partial charge on any atom is -0.342 e. The first-order chi connectivity index (χ1) is 10.6. The Labute approximate surface area is 134 Å². The van der Waals surface area contributed by atoms with Crippen molar-refractivity contribution in [3.8, 4) is 0 Å². The van der Waals surface area contributed by atoms with Crippen molar-refractivity contribution in [1.29, 1.82) is 0 Å². The van der Waals surface area contributed by atoms with E-state index in [4.69, 9.17) is 0 Å². The van der Waals surface area contributed by atoms with Crippen molar-refractivity contribution in [1.82, 2.24) is 15.5 Å². The Kier molecular flexibility index (Phi) is 6.52. The Morgan fingerprint density at radius 3 is 1.95 bits per heavy atom. The number of urea groups is 1. The van der Waals surface area contributed by atoms with Gasteiger partial charge in [-0.1, -0.05) is 26.7 Å². The SMILES string of the molecule is CCC(CC)C(=O)N1CCC(NC(=O)NC2CCCC2)CC1. The van der Waals surface area contributed by atoms with Gasteiger partial charge in [-0.05, 0) is 38.5 Å². The molecule has 1 aliphatic heterocycles. The summed E-state index contributed by atoms with van der Waals surface area (Å²) in [6, 6.07) is 0.528. The molecule has 0 radical (unpaired) electrons. The summed E-state index contributed by atoms with van der Waals surface area (Å²) in [6.07, 6.45) is 8.22. The zero-order chi connectivity index (χ0) is 15.9. The van der Waals surface area contributed by atoms with Crippen LogP contribution in [0.25, 0.3) is 0 Å². The van der Waals surface area contributed by atoms with E-state index in [1.165, 1.54) is 12.8 Å². The standard InChI is InChI=1S/C17H31N3O2/c1-3-13(4-2)16(21)20-11-9-15(10-12-20)19-17(22)18-14-7-5-6-8-14/h13-15H,3-12H2,1-2H3,(H2,18,19,22). The minimum absolute atomic E-state index is 0.0309. The highest BCUT2D eigenvalue weighted by Crippen LogP contribution is 2.19. The minimum atomic E-state index is -0.0309. The van der Waals surface area contributed by atoms with Crippen LogP contribution in [0.2, 0.25) is 0 Å². The van der Waals surface area contributed by atoms with Gasteiger partial charge in [0.15, 0.2) is 0 Å². The topological polar surface area (TPSA) is 61.4 Å². The van der Waals surface area contributed by atoms with E-state index in [9.17, 15) is 9.59 Å². The highest BCUT2D eigenvalue weighted by molar-refractivity contribution is 5.79. The smallest absolute Gasteiger partial charge is 0.315 e. The third-order valence-electron chi connectivity index (χ3n) is 5.17. The van der Waals surface area contributed by atoms with Crippen molar-refractivity contribution in [2.24, 2.45) is 5.92 Å². The zero-order valence-corrected chi connectivity index (χ0v) is 14.1. The average molecular weight is 309 g/mol. The number of rotatable bonds is 5. The van der Waals surface area contributed by atoms with Crippen LogP contribution in [0.5, 0.6) is 0 Å². The van der Waals surface area contributed by atoms with E-state index in [0.29, 0.717) is 11.9 Å². The second kappa shape index (κ2) is 8.39. The van der Waals surface area contributed by atoms with Gasteiger partial charge in [0.2, 0.25) is 5.91 Å². The Balaban J connectivity index is 1.70. The lowest BCUT2D eigenvalue weighted by molar-refractivity contribution is -0.136. The number of likely N-dealkylation sites (tertiary alicyclic amines) is 1. The molecule has 3 amide bonds. The molecule has 0 aromatic rings. The highest BCUT2D eigenvalue weighted by Gasteiger charge is 2.27. The molecule has 2 fully saturated rings. The van der Waals surface area contributed by atoms with Crippen LogP contribution in [0.1, 0.15) is 65.2 Å². The third-order valence-corrected chi connectivity index (χ3v) is 5.17. The lowest BCUT2D eigenvalue weighted by atomic mass is 9.98. The number of nitrogens with zero attached hydrogens (tertiary/aromatic N) is 1. The van der Waals surface area contributed by atoms with Gasteiger partial charge in [0.05, 0.1) is 0 Å². The Morgan fingerprint density at radius 1 is 0.955 bits per heavy atom. The molecule has 126 valence electrons. The molecule has 0 spiro atoms. The third kappa shape index (κ3) is 4.62. The molecule has 0 unspecified atom stereocenters. The zero-order valence-electron chi connectivity index (χ0n) is 14.1. The van der Waals surface area contributed by atoms with Gasteiger partial charge < -0.3 is 15.5 Å². The molecule has 0 aromatic heterocycles. The van der Waals surface area contributed by atoms with Gasteiger partial charge in [-0.25, -0.2) is 4.79 Å². The first-order valence-electron chi connectivity index (χ1n) is 8.99. The van der Waals surface area contributed by atoms with Gasteiger partial charge in [0.1, 0.15) is 0 Å². The van der Waals surface area contributed by atoms with Crippen molar-refractivity contribution in [2.45, 2.75) is 77.3 Å². The van der Waals surface area contributed by atoms with Gasteiger partial charge in [-0.2, -0.15) is 0 Å². The molecular formula is C17H31N3O2. The molecule has 1 aliphatic carbocycles. The number of piperidine rings is 1. The molecule has 5 nitrogen and oxygen atoms in total. The van der Waals surface area contributed by atoms with E-state index in [-0.39, 0.29) is 18.0 Å². The largest absolute Gasteiger partial charge is 0.342 e. The van der Waals surface area contributed by atoms with Crippen LogP contribution in [-0.4, -0.2) is 42.0 Å². The summed E-state index contributed by atoms with van der Waals surface area (Å²) in [7, 11) is 0. The van der Waals surface area contributed by atoms with Gasteiger partial charge in [-0.15, -0.1) is 0 Å². The summed E-state index contributed by atoms with van der Waals surface area (Å²) in [5.74, 6) is 0.453. The van der Waals surface area contributed by atoms with Crippen LogP contribution >= 0.6 is 0 Å². The van der Waals surface area contributed by atoms with Crippen LogP contribution in [0, 0.1) is 5.92 Å². The fraction of sp³-hybridized carbons (Fsp3) is 0.882. The monoisotopic (exact) mass is 309 g/mol. The maximum atomic E-state index is 12.3. The predicted octanol–water partition coefficient (Wildman–Crippen LogP) is 2.66. The predicted molar refractivity (Wildman–Crippen MR) is 87.6 cm³/mol. The average Bonchev–Trinajstić information content (AvgIpc) is 3.02. The number of hydrogen-bond donors (Lipinski definition) is 2. The Bertz CT molecular complexity index is 368. The van der Waals surface area contributed by atoms with Crippen LogP contribution in [0.3, 0.4) is 0 Å². The number of carbonyl (C=O) groups excluding carboxylic acids is 2. The van der Waals surface area contributed by atoms with E-state index < -0.39 is 0 Å². The fourth-order valence-electron chi connectivity index (χ4n) is 3.62. The van der Waals surface area contributed by atoms with Crippen LogP contribution < -0.4 is 10.6 Å². The van der Waals surface area contributed by atoms with Gasteiger partial charge in [0.25, 0.3) is 0 Å². The summed E-state index contributed by atoms with van der Waals surface area (Å²) in [5.41, 5.74) is 0. The summed E-state index contributed by atoms with van der Waals surface area (Å²) in [5, 5.41) is 6.14. The maximum absolute atomic E-state index is 12.3. The van der Waals surface area contributed by atoms with Crippen molar-refractivity contribution in [3.05, 3.63) is 0 Å². The molecule has 5 heteroatoms. The second-order valence-corrected chi connectivity index (χ2v) is 6.71. The molecule has 0 bridgehead atoms. The molecule has 0 aromatic carbocycles. The summed E-state index contributed by atoms with van der Waals surface area (Å²) < 4.78 is 0. The van der Waals surface area contributed by atoms with E-state index in [1.54, 1.807) is 0 Å². The Morgan fingerprint density at radius 2 is 1.45 bits per heavy atom. The van der Waals surface area contributed by atoms with Crippen LogP contribution in [0.4, 0.5) is 4.79 Å². The Hall–Kier alpha value is -1.26. The first kappa shape index (κ1) is 17.1. The van der Waals surface area contributed by atoms with E-state index >= 15 is 0 Å². The number of hydrogen-bond acceptors (Lipinski definition) is 2. The molecule has 1 saturated carbocycles. The first-order valence-corrected chi connectivity index (χ1v) is 8.99. The fourth-order valence-corrected chi connectivity index (χ4v) is 3.62. The summed E-state index contributed by atoms with van der Waals surface area (Å²) in [4.78, 5) is 26.3. The molecule has 1 heterocycles. The molecule has 22 heavy (non-hydrogen) atoms. The van der Waals surface area contributed by atoms with Crippen molar-refractivity contribution < 1.29 is 9.59 Å². The number of carbonyl (C=O) groups is 2. The number of nitrogens with one attached hydrogen (secondary N) is 2. The van der Waals surface area contributed by atoms with E-state index in [1.807, 2.05) is 4.90 Å². The lowest BCUT2D eigenvalue weighted by Gasteiger charge is -2.34. The highest BCUT2D eigenvalue weighted by atomic mass is 16.2. The van der Waals surface area contributed by atoms with Crippen LogP contribution in [-0.2, 0) is 4.79 Å². The van der Waals surface area contributed by atoms with Gasteiger partial charge >= 0.3 is 6.03 Å². The molecule has 2 N–H and O–H groups in total. The van der Waals surface area contributed by atoms with Crippen LogP contribution in [0.15, 0.2) is 0 Å². The molecular weight excluding hydrogens is 278 g/mol.